The molecule has 0 amide bonds. The normalized spacial score (nSPS) is 11.3. The molecule has 2 aromatic carbocycles. The van der Waals surface area contributed by atoms with Gasteiger partial charge >= 0.3 is 0 Å². The van der Waals surface area contributed by atoms with Gasteiger partial charge in [-0.25, -0.2) is 13.1 Å². The van der Waals surface area contributed by atoms with Crippen LogP contribution in [0.2, 0.25) is 5.02 Å². The maximum atomic E-state index is 12.3. The van der Waals surface area contributed by atoms with Gasteiger partial charge in [0.25, 0.3) is 0 Å². The van der Waals surface area contributed by atoms with Crippen LogP contribution in [0.4, 0.5) is 5.69 Å². The summed E-state index contributed by atoms with van der Waals surface area (Å²) in [6, 6.07) is 11.6. The van der Waals surface area contributed by atoms with E-state index in [4.69, 9.17) is 22.1 Å². The van der Waals surface area contributed by atoms with Crippen molar-refractivity contribution in [3.8, 4) is 5.75 Å². The maximum absolute atomic E-state index is 12.3. The first-order chi connectivity index (χ1) is 9.94. The van der Waals surface area contributed by atoms with E-state index in [0.29, 0.717) is 5.75 Å². The van der Waals surface area contributed by atoms with E-state index >= 15 is 0 Å². The van der Waals surface area contributed by atoms with Crippen molar-refractivity contribution in [1.82, 2.24) is 4.72 Å². The van der Waals surface area contributed by atoms with Crippen molar-refractivity contribution < 1.29 is 13.2 Å². The molecule has 0 aliphatic heterocycles. The monoisotopic (exact) mass is 326 g/mol. The second kappa shape index (κ2) is 6.34. The number of sulfonamides is 1. The lowest BCUT2D eigenvalue weighted by Gasteiger charge is -2.11. The highest BCUT2D eigenvalue weighted by atomic mass is 35.5. The summed E-state index contributed by atoms with van der Waals surface area (Å²) >= 11 is 5.92. The quantitative estimate of drug-likeness (QED) is 0.827. The van der Waals surface area contributed by atoms with Gasteiger partial charge in [0.1, 0.15) is 10.6 Å². The van der Waals surface area contributed by atoms with E-state index in [0.717, 1.165) is 5.56 Å². The van der Waals surface area contributed by atoms with Crippen LogP contribution < -0.4 is 15.2 Å². The molecule has 112 valence electrons. The largest absolute Gasteiger partial charge is 0.497 e. The smallest absolute Gasteiger partial charge is 0.244 e. The minimum atomic E-state index is -3.77. The molecule has 21 heavy (non-hydrogen) atoms. The third-order valence-electron chi connectivity index (χ3n) is 2.89. The van der Waals surface area contributed by atoms with Gasteiger partial charge in [-0.05, 0) is 29.8 Å². The standard InChI is InChI=1S/C14H15ClN2O3S/c1-20-11-7-5-10(6-8-11)9-17-21(18,19)14-12(15)3-2-4-13(14)16/h2-8,17H,9,16H2,1H3. The predicted octanol–water partition coefficient (Wildman–Crippen LogP) is 2.41. The van der Waals surface area contributed by atoms with Crippen molar-refractivity contribution in [3.05, 3.63) is 53.1 Å². The average molecular weight is 327 g/mol. The summed E-state index contributed by atoms with van der Waals surface area (Å²) in [5.41, 5.74) is 6.61. The zero-order valence-corrected chi connectivity index (χ0v) is 12.9. The molecule has 7 heteroatoms. The lowest BCUT2D eigenvalue weighted by molar-refractivity contribution is 0.414. The molecule has 0 atom stereocenters. The Morgan fingerprint density at radius 2 is 1.86 bits per heavy atom. The molecule has 0 aliphatic carbocycles. The minimum Gasteiger partial charge on any atom is -0.497 e. The van der Waals surface area contributed by atoms with E-state index in [1.807, 2.05) is 0 Å². The highest BCUT2D eigenvalue weighted by molar-refractivity contribution is 7.89. The van der Waals surface area contributed by atoms with Crippen molar-refractivity contribution in [1.29, 1.82) is 0 Å². The van der Waals surface area contributed by atoms with Crippen LogP contribution in [0.5, 0.6) is 5.75 Å². The molecule has 0 aromatic heterocycles. The molecule has 0 saturated carbocycles. The molecule has 0 bridgehead atoms. The molecular weight excluding hydrogens is 312 g/mol. The number of nitrogens with two attached hydrogens (primary N) is 1. The second-order valence-corrected chi connectivity index (χ2v) is 6.44. The van der Waals surface area contributed by atoms with Gasteiger partial charge in [0, 0.05) is 6.54 Å². The molecule has 0 heterocycles. The third kappa shape index (κ3) is 3.66. The first-order valence-corrected chi connectivity index (χ1v) is 7.97. The first-order valence-electron chi connectivity index (χ1n) is 6.10. The van der Waals surface area contributed by atoms with Crippen molar-refractivity contribution in [3.63, 3.8) is 0 Å². The third-order valence-corrected chi connectivity index (χ3v) is 4.84. The Bertz CT molecular complexity index is 710. The summed E-state index contributed by atoms with van der Waals surface area (Å²) < 4.78 is 32.1. The summed E-state index contributed by atoms with van der Waals surface area (Å²) in [6.45, 7) is 0.136. The number of hydrogen-bond acceptors (Lipinski definition) is 4. The molecule has 3 N–H and O–H groups in total. The van der Waals surface area contributed by atoms with E-state index < -0.39 is 10.0 Å². The maximum Gasteiger partial charge on any atom is 0.244 e. The molecule has 0 aliphatic rings. The summed E-state index contributed by atoms with van der Waals surface area (Å²) in [4.78, 5) is -0.0971. The number of anilines is 1. The van der Waals surface area contributed by atoms with E-state index in [9.17, 15) is 8.42 Å². The Kier molecular flexibility index (Phi) is 4.72. The number of hydrogen-bond donors (Lipinski definition) is 2. The molecule has 0 unspecified atom stereocenters. The van der Waals surface area contributed by atoms with Gasteiger partial charge in [0.15, 0.2) is 0 Å². The number of nitrogens with one attached hydrogen (secondary N) is 1. The Balaban J connectivity index is 2.18. The van der Waals surface area contributed by atoms with Crippen LogP contribution in [0, 0.1) is 0 Å². The summed E-state index contributed by atoms with van der Waals surface area (Å²) in [6.07, 6.45) is 0. The first kappa shape index (κ1) is 15.6. The van der Waals surface area contributed by atoms with E-state index in [-0.39, 0.29) is 22.2 Å². The van der Waals surface area contributed by atoms with Gasteiger partial charge in [-0.1, -0.05) is 29.8 Å². The second-order valence-electron chi connectivity index (χ2n) is 4.33. The number of methoxy groups -OCH3 is 1. The van der Waals surface area contributed by atoms with Gasteiger partial charge in [-0.15, -0.1) is 0 Å². The molecular formula is C14H15ClN2O3S. The number of rotatable bonds is 5. The molecule has 0 saturated heterocycles. The number of nitrogen functional groups attached to an aromatic ring is 1. The molecule has 2 rings (SSSR count). The molecule has 5 nitrogen and oxygen atoms in total. The fraction of sp³-hybridized carbons (Fsp3) is 0.143. The van der Waals surface area contributed by atoms with Gasteiger partial charge in [0.2, 0.25) is 10.0 Å². The van der Waals surface area contributed by atoms with Gasteiger partial charge in [0.05, 0.1) is 17.8 Å². The summed E-state index contributed by atoms with van der Waals surface area (Å²) in [7, 11) is -2.21. The van der Waals surface area contributed by atoms with E-state index in [2.05, 4.69) is 4.72 Å². The lowest BCUT2D eigenvalue weighted by Crippen LogP contribution is -2.24. The number of ether oxygens (including phenoxy) is 1. The number of halogens is 1. The average Bonchev–Trinajstić information content (AvgIpc) is 2.45. The van der Waals surface area contributed by atoms with Crippen molar-refractivity contribution >= 4 is 27.3 Å². The van der Waals surface area contributed by atoms with Crippen molar-refractivity contribution in [2.45, 2.75) is 11.4 Å². The molecule has 2 aromatic rings. The van der Waals surface area contributed by atoms with Crippen LogP contribution >= 0.6 is 11.6 Å². The van der Waals surface area contributed by atoms with Crippen LogP contribution in [0.15, 0.2) is 47.4 Å². The van der Waals surface area contributed by atoms with Crippen molar-refractivity contribution in [2.75, 3.05) is 12.8 Å². The minimum absolute atomic E-state index is 0.0947. The Hall–Kier alpha value is -1.76. The fourth-order valence-corrected chi connectivity index (χ4v) is 3.49. The Labute approximate surface area is 128 Å². The van der Waals surface area contributed by atoms with Crippen LogP contribution in [-0.4, -0.2) is 15.5 Å². The molecule has 0 radical (unpaired) electrons. The van der Waals surface area contributed by atoms with E-state index in [1.54, 1.807) is 37.4 Å². The van der Waals surface area contributed by atoms with Crippen LogP contribution in [0.3, 0.4) is 0 Å². The highest BCUT2D eigenvalue weighted by Crippen LogP contribution is 2.27. The topological polar surface area (TPSA) is 81.4 Å². The Morgan fingerprint density at radius 1 is 1.19 bits per heavy atom. The van der Waals surface area contributed by atoms with Crippen LogP contribution in [-0.2, 0) is 16.6 Å². The van der Waals surface area contributed by atoms with Gasteiger partial charge in [-0.2, -0.15) is 0 Å². The highest BCUT2D eigenvalue weighted by Gasteiger charge is 2.20. The van der Waals surface area contributed by atoms with Gasteiger partial charge < -0.3 is 10.5 Å². The summed E-state index contributed by atoms with van der Waals surface area (Å²) in [5, 5.41) is 0.0947. The Morgan fingerprint density at radius 3 is 2.43 bits per heavy atom. The zero-order valence-electron chi connectivity index (χ0n) is 11.3. The fourth-order valence-electron chi connectivity index (χ4n) is 1.80. The SMILES string of the molecule is COc1ccc(CNS(=O)(=O)c2c(N)cccc2Cl)cc1. The molecule has 0 fully saturated rings. The van der Waals surface area contributed by atoms with Crippen LogP contribution in [0.1, 0.15) is 5.56 Å². The zero-order chi connectivity index (χ0) is 15.5. The lowest BCUT2D eigenvalue weighted by atomic mass is 10.2. The number of benzene rings is 2. The van der Waals surface area contributed by atoms with Gasteiger partial charge in [-0.3, -0.25) is 0 Å². The molecule has 0 spiro atoms. The van der Waals surface area contributed by atoms with Crippen molar-refractivity contribution in [2.24, 2.45) is 0 Å². The van der Waals surface area contributed by atoms with E-state index in [1.165, 1.54) is 12.1 Å². The van der Waals surface area contributed by atoms with Crippen LogP contribution in [0.25, 0.3) is 0 Å². The predicted molar refractivity (Wildman–Crippen MR) is 82.9 cm³/mol. The summed E-state index contributed by atoms with van der Waals surface area (Å²) in [5.74, 6) is 0.706.